The standard InChI is InChI=1S/C19H22N6O2.CH2O2/c1-24-6-7-27-12-14(10-24)8-20-18(26)16-4-2-15(3-5-16)17-9-21-19-23-22-13-25(19)11-17;2-1-3/h2-5,9,11,13-14H,6-8,10,12H2,1H3,(H,20,26);1H,(H,2,3). The van der Waals surface area contributed by atoms with Crippen molar-refractivity contribution < 1.29 is 19.4 Å². The van der Waals surface area contributed by atoms with Gasteiger partial charge in [-0.2, -0.15) is 0 Å². The third-order valence-electron chi connectivity index (χ3n) is 4.72. The van der Waals surface area contributed by atoms with Crippen molar-refractivity contribution in [3.8, 4) is 11.1 Å². The Morgan fingerprint density at radius 2 is 2.10 bits per heavy atom. The zero-order chi connectivity index (χ0) is 21.3. The largest absolute Gasteiger partial charge is 0.483 e. The molecule has 0 spiro atoms. The van der Waals surface area contributed by atoms with Gasteiger partial charge in [-0.3, -0.25) is 14.0 Å². The first-order valence-electron chi connectivity index (χ1n) is 9.49. The molecule has 158 valence electrons. The Kier molecular flexibility index (Phi) is 7.41. The summed E-state index contributed by atoms with van der Waals surface area (Å²) in [6, 6.07) is 7.50. The molecule has 1 amide bonds. The fraction of sp³-hybridized carbons (Fsp3) is 0.350. The van der Waals surface area contributed by atoms with E-state index in [1.807, 2.05) is 30.5 Å². The molecule has 3 heterocycles. The lowest BCUT2D eigenvalue weighted by Gasteiger charge is -2.19. The Bertz CT molecular complexity index is 975. The van der Waals surface area contributed by atoms with Crippen molar-refractivity contribution >= 4 is 18.2 Å². The molecule has 1 aromatic carbocycles. The molecular weight excluding hydrogens is 388 g/mol. The highest BCUT2D eigenvalue weighted by Gasteiger charge is 2.17. The van der Waals surface area contributed by atoms with E-state index in [1.165, 1.54) is 0 Å². The lowest BCUT2D eigenvalue weighted by Crippen LogP contribution is -2.35. The van der Waals surface area contributed by atoms with Crippen LogP contribution in [-0.2, 0) is 9.53 Å². The van der Waals surface area contributed by atoms with Gasteiger partial charge >= 0.3 is 0 Å². The first kappa shape index (κ1) is 21.3. The molecule has 1 fully saturated rings. The average Bonchev–Trinajstić information content (AvgIpc) is 3.13. The number of nitrogens with zero attached hydrogens (tertiary/aromatic N) is 5. The molecule has 1 aliphatic rings. The summed E-state index contributed by atoms with van der Waals surface area (Å²) in [7, 11) is 2.08. The van der Waals surface area contributed by atoms with Gasteiger partial charge in [0.25, 0.3) is 18.2 Å². The molecule has 1 aliphatic heterocycles. The molecule has 2 N–H and O–H groups in total. The van der Waals surface area contributed by atoms with Gasteiger partial charge in [0.05, 0.1) is 13.2 Å². The maximum absolute atomic E-state index is 12.4. The van der Waals surface area contributed by atoms with Crippen molar-refractivity contribution in [3.63, 3.8) is 0 Å². The predicted octanol–water partition coefficient (Wildman–Crippen LogP) is 0.800. The van der Waals surface area contributed by atoms with Crippen LogP contribution in [0.25, 0.3) is 16.9 Å². The number of benzene rings is 1. The second kappa shape index (κ2) is 10.4. The van der Waals surface area contributed by atoms with Crippen molar-refractivity contribution in [1.29, 1.82) is 0 Å². The zero-order valence-corrected chi connectivity index (χ0v) is 16.6. The Balaban J connectivity index is 0.000000806. The normalized spacial score (nSPS) is 16.9. The van der Waals surface area contributed by atoms with Gasteiger partial charge in [-0.25, -0.2) is 4.98 Å². The summed E-state index contributed by atoms with van der Waals surface area (Å²) in [4.78, 5) is 27.3. The monoisotopic (exact) mass is 412 g/mol. The molecule has 0 bridgehead atoms. The molecule has 3 aromatic rings. The van der Waals surface area contributed by atoms with Gasteiger partial charge in [0.1, 0.15) is 6.33 Å². The highest BCUT2D eigenvalue weighted by molar-refractivity contribution is 5.94. The molecule has 2 aromatic heterocycles. The fourth-order valence-electron chi connectivity index (χ4n) is 3.21. The molecular formula is C20H24N6O4. The number of carbonyl (C=O) groups is 2. The molecule has 1 saturated heterocycles. The van der Waals surface area contributed by atoms with Crippen molar-refractivity contribution in [2.45, 2.75) is 0 Å². The molecule has 0 saturated carbocycles. The maximum atomic E-state index is 12.4. The van der Waals surface area contributed by atoms with E-state index in [9.17, 15) is 4.79 Å². The minimum atomic E-state index is -0.250. The van der Waals surface area contributed by atoms with Crippen LogP contribution in [0.15, 0.2) is 43.0 Å². The van der Waals surface area contributed by atoms with E-state index in [2.05, 4.69) is 32.4 Å². The number of hydrogen-bond acceptors (Lipinski definition) is 7. The van der Waals surface area contributed by atoms with Crippen molar-refractivity contribution in [2.24, 2.45) is 5.92 Å². The van der Waals surface area contributed by atoms with Crippen LogP contribution in [0.2, 0.25) is 0 Å². The topological polar surface area (TPSA) is 122 Å². The SMILES string of the molecule is CN1CCOCC(CNC(=O)c2ccc(-c3cnc4nncn4c3)cc2)C1.O=CO. The van der Waals surface area contributed by atoms with Crippen molar-refractivity contribution in [3.05, 3.63) is 48.5 Å². The summed E-state index contributed by atoms with van der Waals surface area (Å²) in [5, 5.41) is 17.6. The summed E-state index contributed by atoms with van der Waals surface area (Å²) in [5.74, 6) is 0.797. The summed E-state index contributed by atoms with van der Waals surface area (Å²) in [6.45, 7) is 3.65. The molecule has 1 atom stereocenters. The van der Waals surface area contributed by atoms with Crippen molar-refractivity contribution in [1.82, 2.24) is 29.8 Å². The van der Waals surface area contributed by atoms with E-state index in [-0.39, 0.29) is 12.4 Å². The van der Waals surface area contributed by atoms with Crippen LogP contribution >= 0.6 is 0 Å². The molecule has 10 heteroatoms. The summed E-state index contributed by atoms with van der Waals surface area (Å²) in [5.41, 5.74) is 2.56. The first-order chi connectivity index (χ1) is 14.6. The van der Waals surface area contributed by atoms with E-state index in [1.54, 1.807) is 16.9 Å². The lowest BCUT2D eigenvalue weighted by atomic mass is 10.1. The first-order valence-corrected chi connectivity index (χ1v) is 9.49. The highest BCUT2D eigenvalue weighted by Crippen LogP contribution is 2.19. The molecule has 30 heavy (non-hydrogen) atoms. The molecule has 10 nitrogen and oxygen atoms in total. The van der Waals surface area contributed by atoms with Gasteiger partial charge < -0.3 is 20.1 Å². The number of hydrogen-bond donors (Lipinski definition) is 2. The number of nitrogens with one attached hydrogen (secondary N) is 1. The van der Waals surface area contributed by atoms with Gasteiger partial charge in [-0.15, -0.1) is 10.2 Å². The van der Waals surface area contributed by atoms with Crippen LogP contribution < -0.4 is 5.32 Å². The Hall–Kier alpha value is -3.37. The van der Waals surface area contributed by atoms with Gasteiger partial charge in [0.15, 0.2) is 0 Å². The Morgan fingerprint density at radius 3 is 2.87 bits per heavy atom. The van der Waals surface area contributed by atoms with Crippen LogP contribution in [0, 0.1) is 5.92 Å². The van der Waals surface area contributed by atoms with Gasteiger partial charge in [0, 0.05) is 49.1 Å². The summed E-state index contributed by atoms with van der Waals surface area (Å²) >= 11 is 0. The van der Waals surface area contributed by atoms with Gasteiger partial charge in [-0.1, -0.05) is 12.1 Å². The molecule has 4 rings (SSSR count). The minimum absolute atomic E-state index is 0.0687. The van der Waals surface area contributed by atoms with E-state index in [0.717, 1.165) is 30.8 Å². The van der Waals surface area contributed by atoms with E-state index >= 15 is 0 Å². The summed E-state index contributed by atoms with van der Waals surface area (Å²) < 4.78 is 7.36. The van der Waals surface area contributed by atoms with Gasteiger partial charge in [0.2, 0.25) is 0 Å². The number of fused-ring (bicyclic) bond motifs is 1. The van der Waals surface area contributed by atoms with E-state index < -0.39 is 0 Å². The number of carbonyl (C=O) groups excluding carboxylic acids is 1. The van der Waals surface area contributed by atoms with Crippen LogP contribution in [0.5, 0.6) is 0 Å². The van der Waals surface area contributed by atoms with E-state index in [0.29, 0.717) is 30.4 Å². The lowest BCUT2D eigenvalue weighted by molar-refractivity contribution is -0.122. The smallest absolute Gasteiger partial charge is 0.290 e. The molecule has 0 aliphatic carbocycles. The van der Waals surface area contributed by atoms with E-state index in [4.69, 9.17) is 14.6 Å². The number of ether oxygens (including phenoxy) is 1. The third kappa shape index (κ3) is 5.58. The number of carboxylic acid groups (broad SMARTS) is 1. The summed E-state index contributed by atoms with van der Waals surface area (Å²) in [6.07, 6.45) is 5.28. The van der Waals surface area contributed by atoms with Crippen molar-refractivity contribution in [2.75, 3.05) is 39.9 Å². The Labute approximate surface area is 173 Å². The fourth-order valence-corrected chi connectivity index (χ4v) is 3.21. The number of amides is 1. The predicted molar refractivity (Wildman–Crippen MR) is 109 cm³/mol. The number of aromatic nitrogens is 4. The quantitative estimate of drug-likeness (QED) is 0.604. The number of rotatable bonds is 4. The number of likely N-dealkylation sites (N-methyl/N-ethyl adjacent to an activating group) is 1. The minimum Gasteiger partial charge on any atom is -0.483 e. The second-order valence-corrected chi connectivity index (χ2v) is 6.98. The van der Waals surface area contributed by atoms with Gasteiger partial charge in [-0.05, 0) is 24.7 Å². The Morgan fingerprint density at radius 1 is 1.33 bits per heavy atom. The third-order valence-corrected chi connectivity index (χ3v) is 4.72. The maximum Gasteiger partial charge on any atom is 0.290 e. The van der Waals surface area contributed by atoms with Crippen LogP contribution in [0.4, 0.5) is 0 Å². The van der Waals surface area contributed by atoms with Crippen LogP contribution in [-0.4, -0.2) is 81.9 Å². The highest BCUT2D eigenvalue weighted by atomic mass is 16.5. The van der Waals surface area contributed by atoms with Crippen LogP contribution in [0.1, 0.15) is 10.4 Å². The second-order valence-electron chi connectivity index (χ2n) is 6.98. The molecule has 1 unspecified atom stereocenters. The molecule has 0 radical (unpaired) electrons. The zero-order valence-electron chi connectivity index (χ0n) is 16.6. The average molecular weight is 412 g/mol. The van der Waals surface area contributed by atoms with Crippen LogP contribution in [0.3, 0.4) is 0 Å².